The number of rotatable bonds is 5. The van der Waals surface area contributed by atoms with Crippen molar-refractivity contribution in [2.45, 2.75) is 26.7 Å². The predicted octanol–water partition coefficient (Wildman–Crippen LogP) is 3.04. The molecule has 0 radical (unpaired) electrons. The molecule has 0 aliphatic rings. The van der Waals surface area contributed by atoms with Crippen molar-refractivity contribution in [2.24, 2.45) is 0 Å². The van der Waals surface area contributed by atoms with Crippen LogP contribution in [0.3, 0.4) is 0 Å². The van der Waals surface area contributed by atoms with Gasteiger partial charge in [0.1, 0.15) is 0 Å². The van der Waals surface area contributed by atoms with Crippen LogP contribution in [0, 0.1) is 13.8 Å². The van der Waals surface area contributed by atoms with Gasteiger partial charge >= 0.3 is 0 Å². The minimum absolute atomic E-state index is 0.190. The first-order valence-corrected chi connectivity index (χ1v) is 7.07. The zero-order valence-corrected chi connectivity index (χ0v) is 12.2. The fourth-order valence-electron chi connectivity index (χ4n) is 2.55. The van der Waals surface area contributed by atoms with E-state index >= 15 is 0 Å². The second kappa shape index (κ2) is 6.69. The number of aryl methyl sites for hydroxylation is 2. The molecule has 20 heavy (non-hydrogen) atoms. The van der Waals surface area contributed by atoms with E-state index in [0.29, 0.717) is 12.8 Å². The van der Waals surface area contributed by atoms with Crippen molar-refractivity contribution in [3.8, 4) is 11.1 Å². The van der Waals surface area contributed by atoms with Crippen molar-refractivity contribution in [3.05, 3.63) is 58.7 Å². The average Bonchev–Trinajstić information content (AvgIpc) is 2.44. The number of aliphatic hydroxyl groups excluding tert-OH is 2. The summed E-state index contributed by atoms with van der Waals surface area (Å²) in [6, 6.07) is 12.8. The van der Waals surface area contributed by atoms with E-state index < -0.39 is 0 Å². The van der Waals surface area contributed by atoms with Gasteiger partial charge in [0.25, 0.3) is 0 Å². The van der Waals surface area contributed by atoms with Gasteiger partial charge in [-0.3, -0.25) is 0 Å². The molecule has 106 valence electrons. The predicted molar refractivity (Wildman–Crippen MR) is 82.9 cm³/mol. The van der Waals surface area contributed by atoms with E-state index in [2.05, 4.69) is 50.2 Å². The van der Waals surface area contributed by atoms with Gasteiger partial charge in [0.05, 0.1) is 0 Å². The topological polar surface area (TPSA) is 40.5 Å². The van der Waals surface area contributed by atoms with Crippen molar-refractivity contribution >= 4 is 0 Å². The molecule has 2 aromatic rings. The van der Waals surface area contributed by atoms with Crippen molar-refractivity contribution in [3.63, 3.8) is 0 Å². The van der Waals surface area contributed by atoms with Crippen LogP contribution in [0.1, 0.15) is 22.3 Å². The quantitative estimate of drug-likeness (QED) is 0.876. The lowest BCUT2D eigenvalue weighted by molar-refractivity contribution is 0.299. The highest BCUT2D eigenvalue weighted by molar-refractivity contribution is 5.66. The maximum Gasteiger partial charge on any atom is 0.0471 e. The average molecular weight is 270 g/mol. The number of benzene rings is 2. The lowest BCUT2D eigenvalue weighted by atomic mass is 9.95. The van der Waals surface area contributed by atoms with Crippen LogP contribution in [0.5, 0.6) is 0 Å². The molecule has 0 amide bonds. The summed E-state index contributed by atoms with van der Waals surface area (Å²) >= 11 is 0. The first-order valence-electron chi connectivity index (χ1n) is 7.07. The van der Waals surface area contributed by atoms with Crippen molar-refractivity contribution in [2.75, 3.05) is 13.2 Å². The van der Waals surface area contributed by atoms with E-state index in [-0.39, 0.29) is 13.2 Å². The molecule has 0 heterocycles. The van der Waals surface area contributed by atoms with E-state index in [0.717, 1.165) is 0 Å². The van der Waals surface area contributed by atoms with Crippen LogP contribution in [-0.4, -0.2) is 23.4 Å². The molecule has 2 heteroatoms. The summed E-state index contributed by atoms with van der Waals surface area (Å²) in [6.45, 7) is 4.55. The van der Waals surface area contributed by atoms with Crippen LogP contribution < -0.4 is 0 Å². The molecule has 0 aromatic heterocycles. The summed E-state index contributed by atoms with van der Waals surface area (Å²) in [4.78, 5) is 0. The molecule has 0 fully saturated rings. The first kappa shape index (κ1) is 14.8. The fraction of sp³-hybridized carbons (Fsp3) is 0.333. The zero-order chi connectivity index (χ0) is 14.5. The molecule has 2 N–H and O–H groups in total. The van der Waals surface area contributed by atoms with Crippen molar-refractivity contribution < 1.29 is 10.2 Å². The Kier molecular flexibility index (Phi) is 4.94. The Balaban J connectivity index is 2.32. The normalized spacial score (nSPS) is 10.8. The smallest absolute Gasteiger partial charge is 0.0471 e. The fourth-order valence-corrected chi connectivity index (χ4v) is 2.55. The Morgan fingerprint density at radius 2 is 1.10 bits per heavy atom. The monoisotopic (exact) mass is 270 g/mol. The molecule has 0 bridgehead atoms. The zero-order valence-electron chi connectivity index (χ0n) is 12.2. The molecule has 0 aliphatic heterocycles. The molecule has 2 aromatic carbocycles. The Morgan fingerprint density at radius 3 is 1.40 bits per heavy atom. The largest absolute Gasteiger partial charge is 0.396 e. The minimum Gasteiger partial charge on any atom is -0.396 e. The Morgan fingerprint density at radius 1 is 0.700 bits per heavy atom. The highest BCUT2D eigenvalue weighted by Crippen LogP contribution is 2.25. The van der Waals surface area contributed by atoms with Crippen molar-refractivity contribution in [1.29, 1.82) is 0 Å². The molecule has 0 unspecified atom stereocenters. The van der Waals surface area contributed by atoms with Crippen LogP contribution in [-0.2, 0) is 12.8 Å². The van der Waals surface area contributed by atoms with E-state index in [1.807, 2.05) is 0 Å². The number of hydrogen-bond acceptors (Lipinski definition) is 2. The van der Waals surface area contributed by atoms with E-state index in [1.165, 1.54) is 33.4 Å². The number of aliphatic hydroxyl groups is 2. The van der Waals surface area contributed by atoms with Crippen LogP contribution in [0.4, 0.5) is 0 Å². The molecule has 2 nitrogen and oxygen atoms in total. The van der Waals surface area contributed by atoms with Gasteiger partial charge in [-0.2, -0.15) is 0 Å². The molecule has 0 spiro atoms. The Bertz CT molecular complexity index is 534. The molecule has 2 rings (SSSR count). The van der Waals surface area contributed by atoms with Crippen LogP contribution in [0.15, 0.2) is 36.4 Å². The Hall–Kier alpha value is -1.64. The van der Waals surface area contributed by atoms with Gasteiger partial charge in [-0.1, -0.05) is 36.4 Å². The van der Waals surface area contributed by atoms with Gasteiger partial charge in [0.2, 0.25) is 0 Å². The molecular weight excluding hydrogens is 248 g/mol. The summed E-state index contributed by atoms with van der Waals surface area (Å²) in [5, 5.41) is 18.1. The van der Waals surface area contributed by atoms with Gasteiger partial charge in [-0.25, -0.2) is 0 Å². The summed E-state index contributed by atoms with van der Waals surface area (Å²) in [5.74, 6) is 0. The highest BCUT2D eigenvalue weighted by atomic mass is 16.3. The second-order valence-electron chi connectivity index (χ2n) is 5.23. The van der Waals surface area contributed by atoms with E-state index in [1.54, 1.807) is 0 Å². The third-order valence-corrected chi connectivity index (χ3v) is 3.78. The summed E-state index contributed by atoms with van der Waals surface area (Å²) in [6.07, 6.45) is 1.42. The lowest BCUT2D eigenvalue weighted by Gasteiger charge is -2.10. The third-order valence-electron chi connectivity index (χ3n) is 3.78. The third kappa shape index (κ3) is 3.27. The summed E-state index contributed by atoms with van der Waals surface area (Å²) < 4.78 is 0. The maximum absolute atomic E-state index is 9.03. The minimum atomic E-state index is 0.190. The van der Waals surface area contributed by atoms with Crippen LogP contribution in [0.2, 0.25) is 0 Å². The van der Waals surface area contributed by atoms with Crippen molar-refractivity contribution in [1.82, 2.24) is 0 Å². The Labute approximate surface area is 120 Å². The standard InChI is InChI=1S/C18H22O2/c1-13-11-17(5-3-15(13)7-9-19)18-6-4-16(8-10-20)14(2)12-18/h3-6,11-12,19-20H,7-10H2,1-2H3. The molecular formula is C18H22O2. The first-order chi connectivity index (χ1) is 9.65. The molecule has 0 atom stereocenters. The van der Waals surface area contributed by atoms with Gasteiger partial charge in [0.15, 0.2) is 0 Å². The van der Waals surface area contributed by atoms with Crippen LogP contribution >= 0.6 is 0 Å². The summed E-state index contributed by atoms with van der Waals surface area (Å²) in [5.41, 5.74) is 7.22. The lowest BCUT2D eigenvalue weighted by Crippen LogP contribution is -1.96. The van der Waals surface area contributed by atoms with E-state index in [4.69, 9.17) is 10.2 Å². The molecule has 0 saturated heterocycles. The van der Waals surface area contributed by atoms with Gasteiger partial charge in [0, 0.05) is 13.2 Å². The SMILES string of the molecule is Cc1cc(-c2ccc(CCO)c(C)c2)ccc1CCO. The highest BCUT2D eigenvalue weighted by Gasteiger charge is 2.04. The second-order valence-corrected chi connectivity index (χ2v) is 5.23. The van der Waals surface area contributed by atoms with Gasteiger partial charge < -0.3 is 10.2 Å². The molecule has 0 saturated carbocycles. The van der Waals surface area contributed by atoms with E-state index in [9.17, 15) is 0 Å². The maximum atomic E-state index is 9.03. The van der Waals surface area contributed by atoms with Gasteiger partial charge in [-0.15, -0.1) is 0 Å². The van der Waals surface area contributed by atoms with Crippen LogP contribution in [0.25, 0.3) is 11.1 Å². The number of hydrogen-bond donors (Lipinski definition) is 2. The summed E-state index contributed by atoms with van der Waals surface area (Å²) in [7, 11) is 0. The molecule has 0 aliphatic carbocycles. The van der Waals surface area contributed by atoms with Gasteiger partial charge in [-0.05, 0) is 60.1 Å².